The van der Waals surface area contributed by atoms with Crippen molar-refractivity contribution in [3.8, 4) is 17.2 Å². The van der Waals surface area contributed by atoms with E-state index in [0.29, 0.717) is 47.9 Å². The normalized spacial score (nSPS) is 17.1. The first-order valence-electron chi connectivity index (χ1n) is 12.4. The van der Waals surface area contributed by atoms with Gasteiger partial charge in [0, 0.05) is 17.7 Å². The molecule has 0 bridgehead atoms. The molecule has 1 aliphatic heterocycles. The average Bonchev–Trinajstić information content (AvgIpc) is 3.15. The summed E-state index contributed by atoms with van der Waals surface area (Å²) in [5, 5.41) is 11.3. The van der Waals surface area contributed by atoms with Gasteiger partial charge in [-0.2, -0.15) is 0 Å². The van der Waals surface area contributed by atoms with Gasteiger partial charge < -0.3 is 29.1 Å². The van der Waals surface area contributed by atoms with Crippen LogP contribution in [0.15, 0.2) is 48.0 Å². The third-order valence-electron chi connectivity index (χ3n) is 6.48. The van der Waals surface area contributed by atoms with Crippen molar-refractivity contribution < 1.29 is 28.9 Å². The van der Waals surface area contributed by atoms with Crippen molar-refractivity contribution in [1.82, 2.24) is 9.80 Å². The molecule has 1 heterocycles. The number of aliphatic hydroxyl groups excluding tert-OH is 1. The predicted octanol–water partition coefficient (Wildman–Crippen LogP) is 4.26. The third kappa shape index (κ3) is 5.65. The van der Waals surface area contributed by atoms with E-state index in [2.05, 4.69) is 18.7 Å². The molecule has 194 valence electrons. The molecule has 0 saturated carbocycles. The minimum atomic E-state index is -0.821. The SMILES string of the molecule is CCOc1ccc(/C(O)=C2\C(=O)C(=O)N(CCCN(CC)CC)[C@H]2c2cc(OC)ccc2OC)cc1. The number of carbonyl (C=O) groups is 2. The Morgan fingerprint density at radius 1 is 0.972 bits per heavy atom. The molecule has 0 aromatic heterocycles. The average molecular weight is 497 g/mol. The lowest BCUT2D eigenvalue weighted by atomic mass is 9.94. The lowest BCUT2D eigenvalue weighted by molar-refractivity contribution is -0.140. The number of amides is 1. The van der Waals surface area contributed by atoms with Crippen LogP contribution in [0, 0.1) is 0 Å². The second-order valence-electron chi connectivity index (χ2n) is 8.44. The monoisotopic (exact) mass is 496 g/mol. The van der Waals surface area contributed by atoms with Crippen molar-refractivity contribution in [1.29, 1.82) is 0 Å². The highest BCUT2D eigenvalue weighted by atomic mass is 16.5. The van der Waals surface area contributed by atoms with E-state index >= 15 is 0 Å². The molecule has 0 spiro atoms. The number of likely N-dealkylation sites (tertiary alicyclic amines) is 1. The van der Waals surface area contributed by atoms with Crippen LogP contribution in [-0.2, 0) is 9.59 Å². The fraction of sp³-hybridized carbons (Fsp3) is 0.429. The second kappa shape index (κ2) is 12.4. The Bertz CT molecular complexity index is 1090. The number of nitrogens with zero attached hydrogens (tertiary/aromatic N) is 2. The molecule has 1 aliphatic rings. The highest BCUT2D eigenvalue weighted by molar-refractivity contribution is 6.46. The van der Waals surface area contributed by atoms with Gasteiger partial charge in [-0.25, -0.2) is 0 Å². The maximum Gasteiger partial charge on any atom is 0.295 e. The first-order valence-corrected chi connectivity index (χ1v) is 12.4. The minimum Gasteiger partial charge on any atom is -0.507 e. The van der Waals surface area contributed by atoms with Crippen LogP contribution < -0.4 is 14.2 Å². The van der Waals surface area contributed by atoms with Gasteiger partial charge in [0.15, 0.2) is 0 Å². The van der Waals surface area contributed by atoms with Gasteiger partial charge in [-0.05, 0) is 75.4 Å². The van der Waals surface area contributed by atoms with Crippen LogP contribution in [0.1, 0.15) is 44.4 Å². The number of methoxy groups -OCH3 is 2. The largest absolute Gasteiger partial charge is 0.507 e. The van der Waals surface area contributed by atoms with Gasteiger partial charge in [-0.15, -0.1) is 0 Å². The van der Waals surface area contributed by atoms with Crippen LogP contribution in [0.4, 0.5) is 0 Å². The summed E-state index contributed by atoms with van der Waals surface area (Å²) in [7, 11) is 3.08. The van der Waals surface area contributed by atoms with Gasteiger partial charge in [-0.3, -0.25) is 9.59 Å². The summed E-state index contributed by atoms with van der Waals surface area (Å²) >= 11 is 0. The molecular formula is C28H36N2O6. The van der Waals surface area contributed by atoms with Gasteiger partial charge in [0.1, 0.15) is 23.0 Å². The fourth-order valence-electron chi connectivity index (χ4n) is 4.52. The highest BCUT2D eigenvalue weighted by Gasteiger charge is 2.47. The Morgan fingerprint density at radius 3 is 2.22 bits per heavy atom. The number of Topliss-reactive ketones (excluding diaryl/α,β-unsaturated/α-hetero) is 1. The van der Waals surface area contributed by atoms with Crippen molar-refractivity contribution >= 4 is 17.4 Å². The number of ether oxygens (including phenoxy) is 3. The van der Waals surface area contributed by atoms with Gasteiger partial charge in [-0.1, -0.05) is 13.8 Å². The maximum atomic E-state index is 13.3. The Labute approximate surface area is 213 Å². The molecule has 1 N–H and O–H groups in total. The molecule has 0 radical (unpaired) electrons. The molecule has 8 nitrogen and oxygen atoms in total. The number of aliphatic hydroxyl groups is 1. The van der Waals surface area contributed by atoms with E-state index in [1.165, 1.54) is 12.0 Å². The Kier molecular flexibility index (Phi) is 9.36. The summed E-state index contributed by atoms with van der Waals surface area (Å²) in [6, 6.07) is 11.2. The van der Waals surface area contributed by atoms with Crippen molar-refractivity contribution in [2.75, 3.05) is 47.0 Å². The lowest BCUT2D eigenvalue weighted by Crippen LogP contribution is -2.33. The lowest BCUT2D eigenvalue weighted by Gasteiger charge is -2.28. The Balaban J connectivity index is 2.11. The van der Waals surface area contributed by atoms with Crippen molar-refractivity contribution in [2.24, 2.45) is 0 Å². The Morgan fingerprint density at radius 2 is 1.64 bits per heavy atom. The van der Waals surface area contributed by atoms with Gasteiger partial charge in [0.25, 0.3) is 11.7 Å². The molecule has 3 rings (SSSR count). The molecule has 1 saturated heterocycles. The van der Waals surface area contributed by atoms with E-state index in [1.807, 2.05) is 6.92 Å². The smallest absolute Gasteiger partial charge is 0.295 e. The summed E-state index contributed by atoms with van der Waals surface area (Å²) in [5.74, 6) is 0.0973. The molecular weight excluding hydrogens is 460 g/mol. The minimum absolute atomic E-state index is 0.0264. The predicted molar refractivity (Wildman–Crippen MR) is 139 cm³/mol. The topological polar surface area (TPSA) is 88.5 Å². The standard InChI is InChI=1S/C28H36N2O6/c1-6-29(7-2)16-9-17-30-25(22-18-21(34-4)14-15-23(22)35-5)24(27(32)28(30)33)26(31)19-10-12-20(13-11-19)36-8-3/h10-15,18,25,31H,6-9,16-17H2,1-5H3/b26-24+/t25-/m0/s1. The Hall–Kier alpha value is -3.52. The molecule has 1 amide bonds. The van der Waals surface area contributed by atoms with E-state index < -0.39 is 17.7 Å². The summed E-state index contributed by atoms with van der Waals surface area (Å²) in [5.41, 5.74) is 1.02. The number of rotatable bonds is 12. The first-order chi connectivity index (χ1) is 17.4. The molecule has 1 fully saturated rings. The summed E-state index contributed by atoms with van der Waals surface area (Å²) in [6.07, 6.45) is 0.681. The zero-order valence-corrected chi connectivity index (χ0v) is 21.7. The maximum absolute atomic E-state index is 13.3. The molecule has 0 unspecified atom stereocenters. The highest BCUT2D eigenvalue weighted by Crippen LogP contribution is 2.44. The molecule has 2 aromatic carbocycles. The number of hydrogen-bond acceptors (Lipinski definition) is 7. The van der Waals surface area contributed by atoms with Gasteiger partial charge in [0.2, 0.25) is 0 Å². The van der Waals surface area contributed by atoms with Crippen LogP contribution in [-0.4, -0.2) is 73.6 Å². The summed E-state index contributed by atoms with van der Waals surface area (Å²) in [6.45, 7) is 9.53. The molecule has 0 aliphatic carbocycles. The fourth-order valence-corrected chi connectivity index (χ4v) is 4.52. The van der Waals surface area contributed by atoms with Crippen LogP contribution in [0.2, 0.25) is 0 Å². The summed E-state index contributed by atoms with van der Waals surface area (Å²) < 4.78 is 16.5. The van der Waals surface area contributed by atoms with E-state index in [9.17, 15) is 14.7 Å². The number of hydrogen-bond donors (Lipinski definition) is 1. The zero-order chi connectivity index (χ0) is 26.2. The van der Waals surface area contributed by atoms with Gasteiger partial charge >= 0.3 is 0 Å². The molecule has 8 heteroatoms. The zero-order valence-electron chi connectivity index (χ0n) is 21.7. The van der Waals surface area contributed by atoms with E-state index in [-0.39, 0.29) is 11.3 Å². The van der Waals surface area contributed by atoms with Crippen LogP contribution >= 0.6 is 0 Å². The van der Waals surface area contributed by atoms with Crippen LogP contribution in [0.5, 0.6) is 17.2 Å². The second-order valence-corrected chi connectivity index (χ2v) is 8.44. The quantitative estimate of drug-likeness (QED) is 0.267. The molecule has 36 heavy (non-hydrogen) atoms. The number of benzene rings is 2. The first kappa shape index (κ1) is 27.1. The third-order valence-corrected chi connectivity index (χ3v) is 6.48. The molecule has 2 aromatic rings. The number of carbonyl (C=O) groups excluding carboxylic acids is 2. The van der Waals surface area contributed by atoms with E-state index in [0.717, 1.165) is 19.6 Å². The van der Waals surface area contributed by atoms with Crippen LogP contribution in [0.25, 0.3) is 5.76 Å². The van der Waals surface area contributed by atoms with Crippen molar-refractivity contribution in [3.05, 3.63) is 59.2 Å². The van der Waals surface area contributed by atoms with Crippen molar-refractivity contribution in [2.45, 2.75) is 33.2 Å². The summed E-state index contributed by atoms with van der Waals surface area (Å²) in [4.78, 5) is 30.4. The van der Waals surface area contributed by atoms with Crippen molar-refractivity contribution in [3.63, 3.8) is 0 Å². The van der Waals surface area contributed by atoms with E-state index in [1.54, 1.807) is 49.6 Å². The molecule has 1 atom stereocenters. The van der Waals surface area contributed by atoms with Gasteiger partial charge in [0.05, 0.1) is 32.4 Å². The van der Waals surface area contributed by atoms with Crippen LogP contribution in [0.3, 0.4) is 0 Å². The van der Waals surface area contributed by atoms with E-state index in [4.69, 9.17) is 14.2 Å². The number of ketones is 1.